The van der Waals surface area contributed by atoms with E-state index in [2.05, 4.69) is 15.5 Å². The van der Waals surface area contributed by atoms with Gasteiger partial charge in [-0.2, -0.15) is 0 Å². The minimum Gasteiger partial charge on any atom is -0.484 e. The molecule has 1 fully saturated rings. The zero-order valence-electron chi connectivity index (χ0n) is 21.9. The molecule has 39 heavy (non-hydrogen) atoms. The molecule has 0 radical (unpaired) electrons. The molecule has 2 heterocycles. The highest BCUT2D eigenvalue weighted by Gasteiger charge is 2.51. The van der Waals surface area contributed by atoms with Gasteiger partial charge in [0.2, 0.25) is 5.91 Å². The standard InChI is InChI=1S/C24H29ClN4O9S/c1-12(30)26-20-22(37-15(4)33)21(36-14(3)32)18(10-34-13(2)31)38-23(20)39-24-28-27-19(29(24)5)11-35-17-9-7-6-8-16(17)25/h6-9,18,20-23H,10-11H2,1-5H3,(H,26,30)/t18-,20+,21-,22-,23+/m1/s1. The van der Waals surface area contributed by atoms with Crippen molar-refractivity contribution in [2.75, 3.05) is 6.61 Å². The van der Waals surface area contributed by atoms with Crippen molar-refractivity contribution in [3.8, 4) is 5.75 Å². The summed E-state index contributed by atoms with van der Waals surface area (Å²) in [4.78, 5) is 47.6. The highest BCUT2D eigenvalue weighted by Crippen LogP contribution is 2.35. The van der Waals surface area contributed by atoms with Gasteiger partial charge in [0.1, 0.15) is 36.5 Å². The Morgan fingerprint density at radius 3 is 2.31 bits per heavy atom. The smallest absolute Gasteiger partial charge is 0.303 e. The summed E-state index contributed by atoms with van der Waals surface area (Å²) in [5.74, 6) is -1.45. The third-order valence-electron chi connectivity index (χ3n) is 5.41. The number of carbonyl (C=O) groups is 4. The van der Waals surface area contributed by atoms with Crippen molar-refractivity contribution in [3.63, 3.8) is 0 Å². The van der Waals surface area contributed by atoms with Gasteiger partial charge in [0, 0.05) is 34.7 Å². The molecule has 1 aliphatic heterocycles. The van der Waals surface area contributed by atoms with Gasteiger partial charge in [-0.1, -0.05) is 35.5 Å². The summed E-state index contributed by atoms with van der Waals surface area (Å²) in [5, 5.41) is 11.9. The number of hydrogen-bond donors (Lipinski definition) is 1. The van der Waals surface area contributed by atoms with E-state index in [9.17, 15) is 19.2 Å². The highest BCUT2D eigenvalue weighted by atomic mass is 35.5. The normalized spacial score (nSPS) is 22.5. The summed E-state index contributed by atoms with van der Waals surface area (Å²) >= 11 is 7.23. The molecule has 0 bridgehead atoms. The van der Waals surface area contributed by atoms with E-state index in [4.69, 9.17) is 35.3 Å². The Hall–Kier alpha value is -3.36. The Kier molecular flexibility index (Phi) is 10.5. The van der Waals surface area contributed by atoms with Crippen molar-refractivity contribution in [2.45, 2.75) is 69.2 Å². The van der Waals surface area contributed by atoms with Crippen LogP contribution in [0, 0.1) is 0 Å². The maximum Gasteiger partial charge on any atom is 0.303 e. The van der Waals surface area contributed by atoms with Crippen molar-refractivity contribution in [3.05, 3.63) is 35.1 Å². The maximum atomic E-state index is 12.1. The van der Waals surface area contributed by atoms with Gasteiger partial charge in [0.15, 0.2) is 23.2 Å². The molecule has 1 aliphatic rings. The third kappa shape index (κ3) is 8.31. The second-order valence-electron chi connectivity index (χ2n) is 8.51. The molecule has 5 atom stereocenters. The number of benzene rings is 1. The SMILES string of the molecule is CC(=O)N[C@H]1[C@@H](OC(C)=O)[C@H](OC(C)=O)[C@@H](COC(C)=O)O[C@H]1Sc1nnc(COc2ccccc2Cl)n1C. The van der Waals surface area contributed by atoms with Crippen LogP contribution in [0.3, 0.4) is 0 Å². The molecule has 3 rings (SSSR count). The van der Waals surface area contributed by atoms with Gasteiger partial charge in [0.05, 0.1) is 5.02 Å². The van der Waals surface area contributed by atoms with Crippen LogP contribution in [0.5, 0.6) is 5.75 Å². The molecule has 0 saturated carbocycles. The lowest BCUT2D eigenvalue weighted by molar-refractivity contribution is -0.211. The molecule has 1 aromatic carbocycles. The highest BCUT2D eigenvalue weighted by molar-refractivity contribution is 7.99. The molecule has 13 nitrogen and oxygen atoms in total. The molecule has 1 saturated heterocycles. The van der Waals surface area contributed by atoms with E-state index in [0.717, 1.165) is 11.8 Å². The van der Waals surface area contributed by atoms with Crippen molar-refractivity contribution in [1.29, 1.82) is 0 Å². The van der Waals surface area contributed by atoms with Crippen LogP contribution in [0.1, 0.15) is 33.5 Å². The first-order valence-corrected chi connectivity index (χ1v) is 13.0. The van der Waals surface area contributed by atoms with Crippen LogP contribution in [0.25, 0.3) is 0 Å². The van der Waals surface area contributed by atoms with Crippen molar-refractivity contribution >= 4 is 47.2 Å². The molecule has 0 spiro atoms. The van der Waals surface area contributed by atoms with Gasteiger partial charge in [-0.15, -0.1) is 10.2 Å². The predicted octanol–water partition coefficient (Wildman–Crippen LogP) is 1.80. The third-order valence-corrected chi connectivity index (χ3v) is 6.93. The molecule has 1 N–H and O–H groups in total. The number of aromatic nitrogens is 3. The molecule has 0 aliphatic carbocycles. The molecule has 15 heteroatoms. The number of amides is 1. The molecule has 1 aromatic heterocycles. The first-order chi connectivity index (χ1) is 18.5. The van der Waals surface area contributed by atoms with Crippen LogP contribution in [-0.4, -0.2) is 75.0 Å². The van der Waals surface area contributed by atoms with Crippen LogP contribution in [0.4, 0.5) is 0 Å². The molecular formula is C24H29ClN4O9S. The number of thioether (sulfide) groups is 1. The van der Waals surface area contributed by atoms with E-state index < -0.39 is 53.6 Å². The van der Waals surface area contributed by atoms with Crippen LogP contribution >= 0.6 is 23.4 Å². The lowest BCUT2D eigenvalue weighted by Gasteiger charge is -2.44. The quantitative estimate of drug-likeness (QED) is 0.319. The molecular weight excluding hydrogens is 556 g/mol. The molecule has 212 valence electrons. The fourth-order valence-corrected chi connectivity index (χ4v) is 5.09. The Morgan fingerprint density at radius 2 is 1.69 bits per heavy atom. The van der Waals surface area contributed by atoms with Gasteiger partial charge >= 0.3 is 17.9 Å². The van der Waals surface area contributed by atoms with E-state index in [-0.39, 0.29) is 13.2 Å². The number of halogens is 1. The summed E-state index contributed by atoms with van der Waals surface area (Å²) in [6.45, 7) is 4.62. The molecule has 2 aromatic rings. The van der Waals surface area contributed by atoms with Gasteiger partial charge < -0.3 is 33.6 Å². The largest absolute Gasteiger partial charge is 0.484 e. The van der Waals surface area contributed by atoms with Crippen molar-refractivity contribution in [1.82, 2.24) is 20.1 Å². The van der Waals surface area contributed by atoms with Crippen LogP contribution < -0.4 is 10.1 Å². The van der Waals surface area contributed by atoms with Crippen molar-refractivity contribution < 1.29 is 42.9 Å². The molecule has 0 unspecified atom stereocenters. The summed E-state index contributed by atoms with van der Waals surface area (Å²) in [6, 6.07) is 6.02. The number of carbonyl (C=O) groups excluding carboxylic acids is 4. The van der Waals surface area contributed by atoms with E-state index in [1.54, 1.807) is 35.9 Å². The minimum atomic E-state index is -1.18. The second kappa shape index (κ2) is 13.6. The van der Waals surface area contributed by atoms with Gasteiger partial charge in [-0.3, -0.25) is 19.2 Å². The number of ether oxygens (including phenoxy) is 5. The lowest BCUT2D eigenvalue weighted by Crippen LogP contribution is -2.65. The topological polar surface area (TPSA) is 157 Å². The zero-order chi connectivity index (χ0) is 28.7. The van der Waals surface area contributed by atoms with E-state index in [1.807, 2.05) is 0 Å². The van der Waals surface area contributed by atoms with E-state index >= 15 is 0 Å². The Morgan fingerprint density at radius 1 is 1.03 bits per heavy atom. The summed E-state index contributed by atoms with van der Waals surface area (Å²) in [5.41, 5.74) is -0.925. The van der Waals surface area contributed by atoms with E-state index in [1.165, 1.54) is 27.7 Å². The zero-order valence-corrected chi connectivity index (χ0v) is 23.5. The fraction of sp³-hybridized carbons (Fsp3) is 0.500. The number of rotatable bonds is 10. The van der Waals surface area contributed by atoms with Gasteiger partial charge in [-0.05, 0) is 12.1 Å². The maximum absolute atomic E-state index is 12.1. The van der Waals surface area contributed by atoms with Crippen molar-refractivity contribution in [2.24, 2.45) is 7.05 Å². The lowest BCUT2D eigenvalue weighted by atomic mass is 9.97. The fourth-order valence-electron chi connectivity index (χ4n) is 3.77. The Bertz CT molecular complexity index is 1210. The minimum absolute atomic E-state index is 0.0636. The van der Waals surface area contributed by atoms with Crippen LogP contribution in [0.15, 0.2) is 29.4 Å². The number of nitrogens with zero attached hydrogens (tertiary/aromatic N) is 3. The average molecular weight is 585 g/mol. The first kappa shape index (κ1) is 30.2. The monoisotopic (exact) mass is 584 g/mol. The Labute approximate surface area is 233 Å². The Balaban J connectivity index is 1.89. The molecule has 1 amide bonds. The summed E-state index contributed by atoms with van der Waals surface area (Å²) in [6.07, 6.45) is -3.38. The van der Waals surface area contributed by atoms with Crippen LogP contribution in [-0.2, 0) is 51.8 Å². The first-order valence-electron chi connectivity index (χ1n) is 11.8. The second-order valence-corrected chi connectivity index (χ2v) is 9.99. The number of para-hydroxylation sites is 1. The summed E-state index contributed by atoms with van der Waals surface area (Å²) < 4.78 is 29.6. The number of esters is 3. The average Bonchev–Trinajstić information content (AvgIpc) is 3.19. The van der Waals surface area contributed by atoms with Crippen LogP contribution in [0.2, 0.25) is 5.02 Å². The number of nitrogens with one attached hydrogen (secondary N) is 1. The predicted molar refractivity (Wildman–Crippen MR) is 137 cm³/mol. The number of hydrogen-bond acceptors (Lipinski definition) is 12. The van der Waals surface area contributed by atoms with Gasteiger partial charge in [-0.25, -0.2) is 0 Å². The van der Waals surface area contributed by atoms with Gasteiger partial charge in [0.25, 0.3) is 0 Å². The summed E-state index contributed by atoms with van der Waals surface area (Å²) in [7, 11) is 1.71. The van der Waals surface area contributed by atoms with E-state index in [0.29, 0.717) is 21.8 Å².